The van der Waals surface area contributed by atoms with Crippen molar-refractivity contribution in [3.63, 3.8) is 0 Å². The highest BCUT2D eigenvalue weighted by Crippen LogP contribution is 2.00. The number of rotatable bonds is 14. The van der Waals surface area contributed by atoms with Gasteiger partial charge in [0, 0.05) is 6.61 Å². The second-order valence-electron chi connectivity index (χ2n) is 5.13. The molecular weight excluding hydrogens is 274 g/mol. The van der Waals surface area contributed by atoms with Crippen LogP contribution < -0.4 is 5.73 Å². The number of unbranched alkanes of at least 4 members (excludes halogenated alkanes) is 1. The van der Waals surface area contributed by atoms with Crippen LogP contribution in [0.15, 0.2) is 0 Å². The third-order valence-corrected chi connectivity index (χ3v) is 2.85. The lowest BCUT2D eigenvalue weighted by molar-refractivity contribution is -0.148. The molecule has 0 aliphatic heterocycles. The van der Waals surface area contributed by atoms with Crippen LogP contribution in [0.1, 0.15) is 33.6 Å². The molecule has 6 nitrogen and oxygen atoms in total. The zero-order chi connectivity index (χ0) is 15.9. The van der Waals surface area contributed by atoms with Crippen LogP contribution in [0.4, 0.5) is 0 Å². The quantitative estimate of drug-likeness (QED) is 0.385. The zero-order valence-corrected chi connectivity index (χ0v) is 13.6. The standard InChI is InChI=1S/C15H31NO5/c1-4-5-6-18-7-8-19-9-10-20-11-12-21-15(17)14(16)13(2)3/h13-14H,4-12,16H2,1-3H3. The van der Waals surface area contributed by atoms with E-state index >= 15 is 0 Å². The maximum Gasteiger partial charge on any atom is 0.323 e. The molecule has 0 saturated carbocycles. The van der Waals surface area contributed by atoms with Crippen LogP contribution in [0.3, 0.4) is 0 Å². The van der Waals surface area contributed by atoms with Gasteiger partial charge in [0.2, 0.25) is 0 Å². The fraction of sp³-hybridized carbons (Fsp3) is 0.933. The van der Waals surface area contributed by atoms with Crippen molar-refractivity contribution in [2.45, 2.75) is 39.7 Å². The van der Waals surface area contributed by atoms with Crippen molar-refractivity contribution in [3.05, 3.63) is 0 Å². The summed E-state index contributed by atoms with van der Waals surface area (Å²) in [6.45, 7) is 9.43. The maximum absolute atomic E-state index is 11.4. The predicted octanol–water partition coefficient (Wildman–Crippen LogP) is 1.36. The van der Waals surface area contributed by atoms with E-state index in [-0.39, 0.29) is 18.5 Å². The second-order valence-corrected chi connectivity index (χ2v) is 5.13. The summed E-state index contributed by atoms with van der Waals surface area (Å²) in [4.78, 5) is 11.4. The molecule has 0 amide bonds. The van der Waals surface area contributed by atoms with Crippen molar-refractivity contribution in [2.24, 2.45) is 11.7 Å². The zero-order valence-electron chi connectivity index (χ0n) is 13.6. The Morgan fingerprint density at radius 3 is 1.86 bits per heavy atom. The fourth-order valence-electron chi connectivity index (χ4n) is 1.36. The van der Waals surface area contributed by atoms with Gasteiger partial charge in [0.25, 0.3) is 0 Å². The first-order valence-electron chi connectivity index (χ1n) is 7.75. The number of hydrogen-bond acceptors (Lipinski definition) is 6. The van der Waals surface area contributed by atoms with Crippen LogP contribution in [0.5, 0.6) is 0 Å². The molecule has 0 aromatic rings. The number of hydrogen-bond donors (Lipinski definition) is 1. The molecule has 2 N–H and O–H groups in total. The van der Waals surface area contributed by atoms with Gasteiger partial charge in [-0.2, -0.15) is 0 Å². The van der Waals surface area contributed by atoms with Gasteiger partial charge in [-0.15, -0.1) is 0 Å². The van der Waals surface area contributed by atoms with Crippen molar-refractivity contribution in [1.29, 1.82) is 0 Å². The Bertz CT molecular complexity index is 248. The van der Waals surface area contributed by atoms with Gasteiger partial charge >= 0.3 is 5.97 Å². The molecule has 21 heavy (non-hydrogen) atoms. The van der Waals surface area contributed by atoms with Crippen molar-refractivity contribution in [2.75, 3.05) is 46.2 Å². The summed E-state index contributed by atoms with van der Waals surface area (Å²) in [7, 11) is 0. The molecule has 126 valence electrons. The summed E-state index contributed by atoms with van der Waals surface area (Å²) in [5, 5.41) is 0. The van der Waals surface area contributed by atoms with Gasteiger partial charge in [0.05, 0.1) is 33.0 Å². The summed E-state index contributed by atoms with van der Waals surface area (Å²) in [5.74, 6) is -0.305. The summed E-state index contributed by atoms with van der Waals surface area (Å²) in [5.41, 5.74) is 5.65. The molecule has 0 saturated heterocycles. The maximum atomic E-state index is 11.4. The molecule has 1 atom stereocenters. The molecule has 0 aliphatic rings. The summed E-state index contributed by atoms with van der Waals surface area (Å²) in [6.07, 6.45) is 2.23. The number of carbonyl (C=O) groups excluding carboxylic acids is 1. The van der Waals surface area contributed by atoms with Crippen molar-refractivity contribution in [3.8, 4) is 0 Å². The first-order valence-corrected chi connectivity index (χ1v) is 7.75. The molecule has 0 aromatic carbocycles. The molecule has 0 rings (SSSR count). The molecule has 0 radical (unpaired) electrons. The number of nitrogens with two attached hydrogens (primary N) is 1. The van der Waals surface area contributed by atoms with E-state index in [4.69, 9.17) is 24.7 Å². The third kappa shape index (κ3) is 12.7. The van der Waals surface area contributed by atoms with E-state index in [1.165, 1.54) is 0 Å². The topological polar surface area (TPSA) is 80.0 Å². The van der Waals surface area contributed by atoms with Gasteiger partial charge in [-0.05, 0) is 12.3 Å². The van der Waals surface area contributed by atoms with Crippen molar-refractivity contribution in [1.82, 2.24) is 0 Å². The minimum atomic E-state index is -0.568. The summed E-state index contributed by atoms with van der Waals surface area (Å²) < 4.78 is 21.0. The van der Waals surface area contributed by atoms with E-state index in [2.05, 4.69) is 6.92 Å². The van der Waals surface area contributed by atoms with E-state index in [9.17, 15) is 4.79 Å². The molecule has 6 heteroatoms. The molecule has 0 heterocycles. The lowest BCUT2D eigenvalue weighted by Gasteiger charge is -2.14. The molecule has 0 spiro atoms. The van der Waals surface area contributed by atoms with E-state index in [0.717, 1.165) is 19.4 Å². The van der Waals surface area contributed by atoms with Crippen molar-refractivity contribution >= 4 is 5.97 Å². The van der Waals surface area contributed by atoms with E-state index < -0.39 is 6.04 Å². The Morgan fingerprint density at radius 2 is 1.38 bits per heavy atom. The average molecular weight is 305 g/mol. The smallest absolute Gasteiger partial charge is 0.323 e. The Balaban J connectivity index is 3.21. The van der Waals surface area contributed by atoms with Crippen molar-refractivity contribution < 1.29 is 23.7 Å². The predicted molar refractivity (Wildman–Crippen MR) is 81.1 cm³/mol. The fourth-order valence-corrected chi connectivity index (χ4v) is 1.36. The molecule has 0 fully saturated rings. The number of esters is 1. The van der Waals surface area contributed by atoms with E-state index in [0.29, 0.717) is 33.0 Å². The third-order valence-electron chi connectivity index (χ3n) is 2.85. The highest BCUT2D eigenvalue weighted by Gasteiger charge is 2.18. The summed E-state index contributed by atoms with van der Waals surface area (Å²) >= 11 is 0. The first-order chi connectivity index (χ1) is 10.1. The molecule has 1 unspecified atom stereocenters. The SMILES string of the molecule is CCCCOCCOCCOCCOC(=O)C(N)C(C)C. The van der Waals surface area contributed by atoms with Crippen LogP contribution in [-0.2, 0) is 23.7 Å². The van der Waals surface area contributed by atoms with Crippen LogP contribution in [0.2, 0.25) is 0 Å². The van der Waals surface area contributed by atoms with Crippen LogP contribution in [0.25, 0.3) is 0 Å². The highest BCUT2D eigenvalue weighted by molar-refractivity contribution is 5.75. The van der Waals surface area contributed by atoms with Crippen LogP contribution >= 0.6 is 0 Å². The molecule has 0 aliphatic carbocycles. The lowest BCUT2D eigenvalue weighted by atomic mass is 10.1. The van der Waals surface area contributed by atoms with E-state index in [1.54, 1.807) is 0 Å². The Morgan fingerprint density at radius 1 is 0.905 bits per heavy atom. The monoisotopic (exact) mass is 305 g/mol. The Labute approximate surface area is 128 Å². The van der Waals surface area contributed by atoms with Gasteiger partial charge < -0.3 is 24.7 Å². The van der Waals surface area contributed by atoms with Gasteiger partial charge in [0.15, 0.2) is 0 Å². The van der Waals surface area contributed by atoms with Gasteiger partial charge in [0.1, 0.15) is 12.6 Å². The lowest BCUT2D eigenvalue weighted by Crippen LogP contribution is -2.37. The van der Waals surface area contributed by atoms with Crippen LogP contribution in [-0.4, -0.2) is 58.3 Å². The van der Waals surface area contributed by atoms with Gasteiger partial charge in [-0.3, -0.25) is 4.79 Å². The Hall–Kier alpha value is -0.690. The summed E-state index contributed by atoms with van der Waals surface area (Å²) in [6, 6.07) is -0.568. The largest absolute Gasteiger partial charge is 0.462 e. The van der Waals surface area contributed by atoms with Gasteiger partial charge in [-0.1, -0.05) is 27.2 Å². The normalized spacial score (nSPS) is 12.6. The molecule has 0 aromatic heterocycles. The first kappa shape index (κ1) is 20.3. The van der Waals surface area contributed by atoms with Gasteiger partial charge in [-0.25, -0.2) is 0 Å². The molecular formula is C15H31NO5. The minimum absolute atomic E-state index is 0.0753. The Kier molecular flexibility index (Phi) is 13.8. The van der Waals surface area contributed by atoms with Crippen LogP contribution in [0, 0.1) is 5.92 Å². The minimum Gasteiger partial charge on any atom is -0.462 e. The number of ether oxygens (including phenoxy) is 4. The second kappa shape index (κ2) is 14.3. The molecule has 0 bridgehead atoms. The number of carbonyl (C=O) groups is 1. The highest BCUT2D eigenvalue weighted by atomic mass is 16.6. The average Bonchev–Trinajstić information content (AvgIpc) is 2.47. The van der Waals surface area contributed by atoms with E-state index in [1.807, 2.05) is 13.8 Å².